The second-order valence-electron chi connectivity index (χ2n) is 6.22. The Bertz CT molecular complexity index is 1140. The molecule has 0 fully saturated rings. The van der Waals surface area contributed by atoms with Crippen molar-refractivity contribution in [2.45, 2.75) is 17.0 Å². The summed E-state index contributed by atoms with van der Waals surface area (Å²) in [5.74, 6) is -12.3. The molecule has 0 heterocycles. The first-order valence-electron chi connectivity index (χ1n) is 8.58. The fourth-order valence-electron chi connectivity index (χ4n) is 2.82. The molecule has 0 aliphatic heterocycles. The van der Waals surface area contributed by atoms with E-state index in [4.69, 9.17) is 5.73 Å². The number of nitrogens with one attached hydrogen (secondary N) is 1. The largest absolute Gasteiger partial charge is 0.672 e. The summed E-state index contributed by atoms with van der Waals surface area (Å²) in [5, 5.41) is 0. The topological polar surface area (TPSA) is 72.0 Å². The Hall–Kier alpha value is -1.91. The molecule has 3 aromatic carbocycles. The molecule has 1 N–H and O–H groups in total. The molecule has 2 atom stereocenters. The van der Waals surface area contributed by atoms with Gasteiger partial charge in [-0.2, -0.15) is 0 Å². The van der Waals surface area contributed by atoms with Gasteiger partial charge < -0.3 is 17.9 Å². The van der Waals surface area contributed by atoms with Gasteiger partial charge in [-0.15, -0.1) is 12.1 Å². The van der Waals surface area contributed by atoms with Crippen molar-refractivity contribution in [1.29, 1.82) is 0 Å². The molecular formula is C21H16ClF5N2O2RuS. The monoisotopic (exact) mass is 592 g/mol. The Morgan fingerprint density at radius 1 is 0.727 bits per heavy atom. The maximum absolute atomic E-state index is 14.1. The molecule has 178 valence electrons. The predicted octanol–water partition coefficient (Wildman–Crippen LogP) is 7.12. The molecule has 33 heavy (non-hydrogen) atoms. The van der Waals surface area contributed by atoms with Gasteiger partial charge in [-0.05, 0) is 0 Å². The average Bonchev–Trinajstić information content (AvgIpc) is 2.82. The number of nitrogens with zero attached hydrogens (tertiary/aromatic N) is 1. The number of sulfonamides is 1. The van der Waals surface area contributed by atoms with Crippen LogP contribution in [0.2, 0.25) is 0 Å². The molecule has 0 aliphatic rings. The zero-order valence-electron chi connectivity index (χ0n) is 16.7. The summed E-state index contributed by atoms with van der Waals surface area (Å²) in [6.07, 6.45) is 0. The minimum absolute atomic E-state index is 0. The van der Waals surface area contributed by atoms with Crippen LogP contribution in [0.25, 0.3) is 10.5 Å². The Labute approximate surface area is 202 Å². The van der Waals surface area contributed by atoms with Gasteiger partial charge in [-0.3, -0.25) is 0 Å². The predicted molar refractivity (Wildman–Crippen MR) is 112 cm³/mol. The summed E-state index contributed by atoms with van der Waals surface area (Å²) < 4.78 is 97.1. The van der Waals surface area contributed by atoms with Gasteiger partial charge >= 0.3 is 27.0 Å². The van der Waals surface area contributed by atoms with Gasteiger partial charge in [-0.1, -0.05) is 71.8 Å². The van der Waals surface area contributed by atoms with Gasteiger partial charge in [0, 0.05) is 0 Å². The second kappa shape index (κ2) is 12.5. The van der Waals surface area contributed by atoms with Crippen LogP contribution in [0, 0.1) is 36.5 Å². The van der Waals surface area contributed by atoms with Crippen molar-refractivity contribution in [2.24, 2.45) is 0 Å². The van der Waals surface area contributed by atoms with Gasteiger partial charge in [0.1, 0.15) is 14.9 Å². The Morgan fingerprint density at radius 3 is 1.52 bits per heavy atom. The van der Waals surface area contributed by atoms with Crippen LogP contribution in [0.3, 0.4) is 0 Å². The Balaban J connectivity index is 0.00000177. The Kier molecular flexibility index (Phi) is 11.1. The molecule has 3 aromatic rings. The zero-order valence-corrected chi connectivity index (χ0v) is 20.0. The molecule has 0 spiro atoms. The van der Waals surface area contributed by atoms with Crippen molar-refractivity contribution in [3.05, 3.63) is 119 Å². The minimum Gasteiger partial charge on any atom is -0.672 e. The summed E-state index contributed by atoms with van der Waals surface area (Å²) in [6.45, 7) is 0. The van der Waals surface area contributed by atoms with E-state index in [2.05, 4.69) is 14.4 Å². The van der Waals surface area contributed by atoms with Crippen LogP contribution in [0.5, 0.6) is 0 Å². The zero-order chi connectivity index (χ0) is 24.1. The van der Waals surface area contributed by atoms with Crippen molar-refractivity contribution < 1.29 is 47.7 Å². The number of hydrogen-bond acceptors (Lipinski definition) is 2. The van der Waals surface area contributed by atoms with Crippen LogP contribution >= 0.6 is 9.69 Å². The van der Waals surface area contributed by atoms with E-state index in [0.717, 1.165) is 0 Å². The molecule has 0 radical (unpaired) electrons. The van der Waals surface area contributed by atoms with E-state index in [-0.39, 0.29) is 13.0 Å². The van der Waals surface area contributed by atoms with Crippen LogP contribution in [0.1, 0.15) is 23.2 Å². The van der Waals surface area contributed by atoms with Gasteiger partial charge in [0.2, 0.25) is 5.82 Å². The van der Waals surface area contributed by atoms with E-state index in [9.17, 15) is 30.4 Å². The fourth-order valence-corrected chi connectivity index (χ4v) is 4.10. The second-order valence-corrected chi connectivity index (χ2v) is 7.79. The normalized spacial score (nSPS) is 12.7. The molecule has 0 bridgehead atoms. The summed E-state index contributed by atoms with van der Waals surface area (Å²) in [7, 11) is -0.807. The van der Waals surface area contributed by atoms with E-state index in [1.807, 2.05) is 17.3 Å². The maximum Gasteiger partial charge on any atom is 0.200 e. The van der Waals surface area contributed by atoms with Crippen molar-refractivity contribution in [3.63, 3.8) is 0 Å². The molecule has 0 aliphatic carbocycles. The van der Waals surface area contributed by atoms with E-state index < -0.39 is 56.1 Å². The quantitative estimate of drug-likeness (QED) is 0.101. The van der Waals surface area contributed by atoms with Crippen molar-refractivity contribution in [2.75, 3.05) is 0 Å². The smallest absolute Gasteiger partial charge is 0.200 e. The molecule has 4 nitrogen and oxygen atoms in total. The molecule has 0 amide bonds. The number of benzene rings is 3. The van der Waals surface area contributed by atoms with Crippen molar-refractivity contribution >= 4 is 19.7 Å². The van der Waals surface area contributed by atoms with E-state index in [1.54, 1.807) is 24.3 Å². The average molecular weight is 592 g/mol. The standard InChI is InChI=1S/C20H13F5N2O2S.CH3.ClH.Ru/c21-13-14(22)16(24)20(17(25)15(13)23)30(28,29)27-19(12-9-5-2-6-10-12)18(26)11-7-3-1-4-8-11;;;/h1-10,18-19,26H;1H3;1H;/q-2;-1;;+4/p-1/t18-,19-;;;/m1.../s1. The van der Waals surface area contributed by atoms with Crippen LogP contribution in [-0.2, 0) is 27.3 Å². The van der Waals surface area contributed by atoms with Gasteiger partial charge in [0.25, 0.3) is 0 Å². The third-order valence-corrected chi connectivity index (χ3v) is 5.67. The van der Waals surface area contributed by atoms with Crippen molar-refractivity contribution in [1.82, 2.24) is 0 Å². The summed E-state index contributed by atoms with van der Waals surface area (Å²) in [6, 6.07) is 12.6. The van der Waals surface area contributed by atoms with Gasteiger partial charge in [-0.25, -0.2) is 30.4 Å². The third kappa shape index (κ3) is 6.36. The third-order valence-electron chi connectivity index (χ3n) is 4.30. The fraction of sp³-hybridized carbons (Fsp3) is 0.0952. The Morgan fingerprint density at radius 2 is 1.09 bits per heavy atom. The summed E-state index contributed by atoms with van der Waals surface area (Å²) in [5.41, 5.74) is 8.96. The first kappa shape index (κ1) is 29.1. The number of hydrogen-bond donors (Lipinski definition) is 0. The molecule has 3 rings (SSSR count). The molecule has 0 saturated heterocycles. The van der Waals surface area contributed by atoms with Gasteiger partial charge in [0.15, 0.2) is 23.3 Å². The molecule has 12 heteroatoms. The van der Waals surface area contributed by atoms with Gasteiger partial charge in [0.05, 0.1) is 0 Å². The summed E-state index contributed by atoms with van der Waals surface area (Å²) >= 11 is 1.82. The van der Waals surface area contributed by atoms with E-state index >= 15 is 0 Å². The maximum atomic E-state index is 14.1. The van der Waals surface area contributed by atoms with Crippen LogP contribution in [0.4, 0.5) is 22.0 Å². The molecular weight excluding hydrogens is 576 g/mol. The molecule has 0 aromatic heterocycles. The van der Waals surface area contributed by atoms with E-state index in [0.29, 0.717) is 5.56 Å². The van der Waals surface area contributed by atoms with Crippen LogP contribution in [0.15, 0.2) is 65.6 Å². The molecule has 0 saturated carbocycles. The van der Waals surface area contributed by atoms with E-state index in [1.165, 1.54) is 36.4 Å². The molecule has 0 unspecified atom stereocenters. The first-order valence-corrected chi connectivity index (χ1v) is 12.3. The van der Waals surface area contributed by atoms with Crippen LogP contribution < -0.4 is 0 Å². The minimum atomic E-state index is -5.38. The SMILES string of the molecule is [CH3-].[Cl][Ru+3].[NH-][C@H](c1ccccc1)[C@H]([N-]S(=O)(=O)c1c(F)c(F)c(F)c(F)c1F)c1ccccc1. The number of rotatable bonds is 6. The number of halogens is 6. The summed E-state index contributed by atoms with van der Waals surface area (Å²) in [4.78, 5) is -2.06. The first-order chi connectivity index (χ1) is 15.1. The van der Waals surface area contributed by atoms with Crippen LogP contribution in [-0.4, -0.2) is 8.42 Å². The van der Waals surface area contributed by atoms with Crippen molar-refractivity contribution in [3.8, 4) is 0 Å².